The maximum atomic E-state index is 9.65. The second kappa shape index (κ2) is 6.96. The molecule has 0 radical (unpaired) electrons. The molecule has 0 spiro atoms. The van der Waals surface area contributed by atoms with Crippen LogP contribution in [0.5, 0.6) is 0 Å². The number of unbranched alkanes of at least 4 members (excludes halogenated alkanes) is 1. The molecular formula is C5H9NiO2+. The minimum atomic E-state index is -0.943. The van der Waals surface area contributed by atoms with Crippen LogP contribution in [0, 0.1) is 0 Å². The Morgan fingerprint density at radius 2 is 2.12 bits per heavy atom. The van der Waals surface area contributed by atoms with Crippen molar-refractivity contribution in [3.63, 3.8) is 0 Å². The van der Waals surface area contributed by atoms with Crippen LogP contribution in [0.3, 0.4) is 0 Å². The van der Waals surface area contributed by atoms with Crippen LogP contribution in [0.15, 0.2) is 0 Å². The minimum Gasteiger partial charge on any atom is -0.550 e. The van der Waals surface area contributed by atoms with Crippen LogP contribution in [0.4, 0.5) is 0 Å². The number of hydrogen-bond donors (Lipinski definition) is 0. The van der Waals surface area contributed by atoms with Gasteiger partial charge in [-0.05, 0) is 12.8 Å². The summed E-state index contributed by atoms with van der Waals surface area (Å²) < 4.78 is 0. The standard InChI is InChI=1S/C5H10O2.Ni/c1-2-3-4-5(6)7;/h2-4H2,1H3,(H,6,7);/q;+2/p-1. The van der Waals surface area contributed by atoms with Gasteiger partial charge in [-0.25, -0.2) is 0 Å². The number of carboxylic acids is 1. The van der Waals surface area contributed by atoms with Gasteiger partial charge in [0, 0.05) is 5.97 Å². The topological polar surface area (TPSA) is 40.1 Å². The van der Waals surface area contributed by atoms with Crippen molar-refractivity contribution >= 4 is 5.97 Å². The molecule has 0 fully saturated rings. The number of carboxylic acid groups (broad SMARTS) is 1. The van der Waals surface area contributed by atoms with Crippen molar-refractivity contribution < 1.29 is 26.4 Å². The van der Waals surface area contributed by atoms with Gasteiger partial charge in [-0.1, -0.05) is 13.3 Å². The summed E-state index contributed by atoms with van der Waals surface area (Å²) >= 11 is 0. The zero-order valence-corrected chi connectivity index (χ0v) is 5.74. The molecule has 0 bridgehead atoms. The largest absolute Gasteiger partial charge is 2.00 e. The Labute approximate surface area is 59.2 Å². The Hall–Kier alpha value is -0.0365. The Balaban J connectivity index is 0. The van der Waals surface area contributed by atoms with Crippen LogP contribution in [-0.4, -0.2) is 5.97 Å². The molecule has 0 atom stereocenters. The van der Waals surface area contributed by atoms with Crippen LogP contribution in [0.1, 0.15) is 26.2 Å². The van der Waals surface area contributed by atoms with Gasteiger partial charge in [0.2, 0.25) is 0 Å². The maximum Gasteiger partial charge on any atom is 2.00 e. The van der Waals surface area contributed by atoms with Crippen LogP contribution in [0.2, 0.25) is 0 Å². The van der Waals surface area contributed by atoms with Crippen molar-refractivity contribution in [3.8, 4) is 0 Å². The second-order valence-electron chi connectivity index (χ2n) is 1.48. The van der Waals surface area contributed by atoms with E-state index in [2.05, 4.69) is 0 Å². The second-order valence-corrected chi connectivity index (χ2v) is 1.48. The molecule has 0 N–H and O–H groups in total. The monoisotopic (exact) mass is 159 g/mol. The van der Waals surface area contributed by atoms with E-state index in [0.717, 1.165) is 12.8 Å². The van der Waals surface area contributed by atoms with Gasteiger partial charge in [0.1, 0.15) is 0 Å². The minimum absolute atomic E-state index is 0. The van der Waals surface area contributed by atoms with E-state index in [1.165, 1.54) is 0 Å². The molecule has 0 aromatic rings. The molecule has 0 heterocycles. The summed E-state index contributed by atoms with van der Waals surface area (Å²) in [7, 11) is 0. The predicted octanol–water partition coefficient (Wildman–Crippen LogP) is -0.0760. The van der Waals surface area contributed by atoms with Crippen molar-refractivity contribution in [2.75, 3.05) is 0 Å². The maximum absolute atomic E-state index is 9.65. The van der Waals surface area contributed by atoms with Crippen LogP contribution in [-0.2, 0) is 21.3 Å². The molecule has 0 rings (SSSR count). The van der Waals surface area contributed by atoms with Crippen LogP contribution >= 0.6 is 0 Å². The first-order chi connectivity index (χ1) is 3.27. The molecule has 3 heteroatoms. The molecule has 0 aromatic heterocycles. The average molecular weight is 160 g/mol. The Morgan fingerprint density at radius 1 is 1.62 bits per heavy atom. The first kappa shape index (κ1) is 10.9. The summed E-state index contributed by atoms with van der Waals surface area (Å²) in [6, 6.07) is 0. The van der Waals surface area contributed by atoms with Gasteiger partial charge in [-0.15, -0.1) is 0 Å². The van der Waals surface area contributed by atoms with E-state index in [4.69, 9.17) is 0 Å². The van der Waals surface area contributed by atoms with Gasteiger partial charge in [-0.2, -0.15) is 0 Å². The number of hydrogen-bond acceptors (Lipinski definition) is 2. The first-order valence-electron chi connectivity index (χ1n) is 2.47. The fraction of sp³-hybridized carbons (Fsp3) is 0.800. The fourth-order valence-corrected chi connectivity index (χ4v) is 0.321. The number of rotatable bonds is 3. The number of carbonyl (C=O) groups is 1. The molecule has 0 saturated carbocycles. The van der Waals surface area contributed by atoms with Crippen molar-refractivity contribution in [2.24, 2.45) is 0 Å². The average Bonchev–Trinajstić information content (AvgIpc) is 1.61. The summed E-state index contributed by atoms with van der Waals surface area (Å²) in [5.41, 5.74) is 0. The first-order valence-corrected chi connectivity index (χ1v) is 2.47. The molecule has 0 aliphatic carbocycles. The third kappa shape index (κ3) is 9.35. The van der Waals surface area contributed by atoms with E-state index >= 15 is 0 Å². The Morgan fingerprint density at radius 3 is 2.25 bits per heavy atom. The molecule has 0 aliphatic heterocycles. The van der Waals surface area contributed by atoms with E-state index in [0.29, 0.717) is 0 Å². The van der Waals surface area contributed by atoms with E-state index in [-0.39, 0.29) is 22.9 Å². The summed E-state index contributed by atoms with van der Waals surface area (Å²) in [5.74, 6) is -0.943. The van der Waals surface area contributed by atoms with Gasteiger partial charge in [0.25, 0.3) is 0 Å². The smallest absolute Gasteiger partial charge is 0.550 e. The Bertz CT molecular complexity index is 63.4. The molecule has 0 aromatic carbocycles. The molecule has 50 valence electrons. The van der Waals surface area contributed by atoms with Crippen molar-refractivity contribution in [2.45, 2.75) is 26.2 Å². The molecular weight excluding hydrogens is 151 g/mol. The third-order valence-electron chi connectivity index (χ3n) is 0.734. The van der Waals surface area contributed by atoms with Crippen LogP contribution in [0.25, 0.3) is 0 Å². The Kier molecular flexibility index (Phi) is 9.45. The normalized spacial score (nSPS) is 7.62. The summed E-state index contributed by atoms with van der Waals surface area (Å²) in [4.78, 5) is 9.65. The van der Waals surface area contributed by atoms with Gasteiger partial charge >= 0.3 is 16.5 Å². The van der Waals surface area contributed by atoms with E-state index < -0.39 is 5.97 Å². The molecule has 0 amide bonds. The molecule has 0 unspecified atom stereocenters. The van der Waals surface area contributed by atoms with E-state index in [9.17, 15) is 9.90 Å². The van der Waals surface area contributed by atoms with E-state index in [1.54, 1.807) is 0 Å². The van der Waals surface area contributed by atoms with Gasteiger partial charge in [0.05, 0.1) is 0 Å². The fourth-order valence-electron chi connectivity index (χ4n) is 0.321. The number of carbonyl (C=O) groups excluding carboxylic acids is 1. The molecule has 2 nitrogen and oxygen atoms in total. The third-order valence-corrected chi connectivity index (χ3v) is 0.734. The summed E-state index contributed by atoms with van der Waals surface area (Å²) in [6.45, 7) is 1.95. The van der Waals surface area contributed by atoms with E-state index in [1.807, 2.05) is 6.92 Å². The summed E-state index contributed by atoms with van der Waals surface area (Å²) in [6.07, 6.45) is 1.87. The van der Waals surface area contributed by atoms with Gasteiger partial charge < -0.3 is 9.90 Å². The molecule has 8 heavy (non-hydrogen) atoms. The van der Waals surface area contributed by atoms with Crippen molar-refractivity contribution in [3.05, 3.63) is 0 Å². The van der Waals surface area contributed by atoms with Gasteiger partial charge in [-0.3, -0.25) is 0 Å². The number of aliphatic carboxylic acids is 1. The predicted molar refractivity (Wildman–Crippen MR) is 24.5 cm³/mol. The van der Waals surface area contributed by atoms with Crippen molar-refractivity contribution in [1.82, 2.24) is 0 Å². The molecule has 0 aliphatic rings. The van der Waals surface area contributed by atoms with Gasteiger partial charge in [0.15, 0.2) is 0 Å². The quantitative estimate of drug-likeness (QED) is 0.541. The summed E-state index contributed by atoms with van der Waals surface area (Å²) in [5, 5.41) is 9.65. The molecule has 0 saturated heterocycles. The van der Waals surface area contributed by atoms with Crippen molar-refractivity contribution in [1.29, 1.82) is 0 Å². The zero-order valence-electron chi connectivity index (χ0n) is 4.75. The SMILES string of the molecule is CCCCC(=O)[O-].[Ni+2]. The zero-order chi connectivity index (χ0) is 5.70. The van der Waals surface area contributed by atoms with Crippen LogP contribution < -0.4 is 5.11 Å².